The summed E-state index contributed by atoms with van der Waals surface area (Å²) in [6.07, 6.45) is 0.780. The number of carbonyl (C=O) groups is 1. The summed E-state index contributed by atoms with van der Waals surface area (Å²) in [6, 6.07) is 9.59. The van der Waals surface area contributed by atoms with Gasteiger partial charge in [-0.3, -0.25) is 9.69 Å². The number of benzene rings is 1. The quantitative estimate of drug-likeness (QED) is 0.886. The topological polar surface area (TPSA) is 45.2 Å². The second-order valence-electron chi connectivity index (χ2n) is 5.44. The van der Waals surface area contributed by atoms with Gasteiger partial charge in [0.2, 0.25) is 5.91 Å². The fraction of sp³-hybridized carbons (Fsp3) is 0.375. The van der Waals surface area contributed by atoms with Crippen LogP contribution in [0.25, 0.3) is 0 Å². The van der Waals surface area contributed by atoms with Crippen LogP contribution in [0, 0.1) is 5.92 Å². The van der Waals surface area contributed by atoms with Crippen molar-refractivity contribution in [3.8, 4) is 0 Å². The van der Waals surface area contributed by atoms with Gasteiger partial charge in [-0.1, -0.05) is 32.0 Å². The van der Waals surface area contributed by atoms with Crippen LogP contribution < -0.4 is 10.2 Å². The summed E-state index contributed by atoms with van der Waals surface area (Å²) in [5, 5.41) is 5.22. The molecular formula is C16H21N3OS. The largest absolute Gasteiger partial charge is 0.374 e. The van der Waals surface area contributed by atoms with Crippen molar-refractivity contribution in [1.29, 1.82) is 0 Å². The number of likely N-dealkylation sites (N-methyl/N-ethyl adjacent to an activating group) is 1. The molecule has 1 N–H and O–H groups in total. The number of nitrogens with one attached hydrogen (secondary N) is 1. The highest BCUT2D eigenvalue weighted by molar-refractivity contribution is 7.07. The van der Waals surface area contributed by atoms with Crippen molar-refractivity contribution >= 4 is 28.7 Å². The molecule has 2 rings (SSSR count). The Morgan fingerprint density at radius 1 is 1.33 bits per heavy atom. The lowest BCUT2D eigenvalue weighted by Crippen LogP contribution is -2.42. The number of para-hydroxylation sites is 1. The Labute approximate surface area is 129 Å². The molecule has 1 heterocycles. The number of hydrogen-bond donors (Lipinski definition) is 1. The highest BCUT2D eigenvalue weighted by Gasteiger charge is 2.24. The predicted octanol–water partition coefficient (Wildman–Crippen LogP) is 3.63. The average molecular weight is 303 g/mol. The van der Waals surface area contributed by atoms with Crippen molar-refractivity contribution in [2.45, 2.75) is 26.3 Å². The molecule has 0 spiro atoms. The van der Waals surface area contributed by atoms with Crippen molar-refractivity contribution < 1.29 is 4.79 Å². The predicted molar refractivity (Wildman–Crippen MR) is 88.8 cm³/mol. The molecule has 5 heteroatoms. The van der Waals surface area contributed by atoms with E-state index in [1.165, 1.54) is 11.3 Å². The molecular weight excluding hydrogens is 282 g/mol. The number of hydrogen-bond acceptors (Lipinski definition) is 4. The van der Waals surface area contributed by atoms with E-state index in [2.05, 4.69) is 24.1 Å². The second-order valence-corrected chi connectivity index (χ2v) is 6.16. The van der Waals surface area contributed by atoms with Crippen LogP contribution in [0.2, 0.25) is 0 Å². The molecule has 4 nitrogen and oxygen atoms in total. The van der Waals surface area contributed by atoms with Gasteiger partial charge in [0, 0.05) is 18.1 Å². The van der Waals surface area contributed by atoms with Crippen LogP contribution in [0.1, 0.15) is 20.3 Å². The first-order chi connectivity index (χ1) is 10.1. The number of carbonyl (C=O) groups excluding carboxylic acids is 1. The molecule has 1 aromatic carbocycles. The zero-order valence-corrected chi connectivity index (χ0v) is 13.4. The third-order valence-corrected chi connectivity index (χ3v) is 3.79. The molecule has 1 aromatic heterocycles. The van der Waals surface area contributed by atoms with Crippen molar-refractivity contribution in [2.24, 2.45) is 5.92 Å². The molecule has 0 radical (unpaired) electrons. The van der Waals surface area contributed by atoms with Gasteiger partial charge in [0.05, 0.1) is 5.51 Å². The van der Waals surface area contributed by atoms with Crippen molar-refractivity contribution in [2.75, 3.05) is 17.3 Å². The van der Waals surface area contributed by atoms with Gasteiger partial charge in [-0.05, 0) is 24.5 Å². The maximum atomic E-state index is 12.7. The third-order valence-electron chi connectivity index (χ3n) is 3.21. The van der Waals surface area contributed by atoms with Gasteiger partial charge >= 0.3 is 0 Å². The molecule has 2 aromatic rings. The summed E-state index contributed by atoms with van der Waals surface area (Å²) in [4.78, 5) is 18.5. The van der Waals surface area contributed by atoms with Crippen molar-refractivity contribution in [1.82, 2.24) is 4.98 Å². The van der Waals surface area contributed by atoms with Crippen molar-refractivity contribution in [3.63, 3.8) is 0 Å². The molecule has 112 valence electrons. The molecule has 0 aliphatic carbocycles. The van der Waals surface area contributed by atoms with Crippen molar-refractivity contribution in [3.05, 3.63) is 41.2 Å². The standard InChI is InChI=1S/C16H21N3OS/c1-12(2)9-14(18-13-7-5-4-6-8-13)16(20)19(3)15-10-21-11-17-15/h4-8,10-12,14,18H,9H2,1-3H3/t14-/m1/s1. The molecule has 0 aliphatic rings. The van der Waals surface area contributed by atoms with Gasteiger partial charge in [0.1, 0.15) is 11.9 Å². The van der Waals surface area contributed by atoms with E-state index in [0.29, 0.717) is 11.7 Å². The fourth-order valence-corrected chi connectivity index (χ4v) is 2.72. The van der Waals surface area contributed by atoms with E-state index >= 15 is 0 Å². The minimum absolute atomic E-state index is 0.0402. The summed E-state index contributed by atoms with van der Waals surface area (Å²) in [5.41, 5.74) is 2.70. The summed E-state index contributed by atoms with van der Waals surface area (Å²) in [6.45, 7) is 4.24. The molecule has 0 bridgehead atoms. The molecule has 21 heavy (non-hydrogen) atoms. The zero-order chi connectivity index (χ0) is 15.2. The lowest BCUT2D eigenvalue weighted by Gasteiger charge is -2.25. The molecule has 0 unspecified atom stereocenters. The highest BCUT2D eigenvalue weighted by atomic mass is 32.1. The summed E-state index contributed by atoms with van der Waals surface area (Å²) in [7, 11) is 1.78. The van der Waals surface area contributed by atoms with Gasteiger partial charge in [-0.15, -0.1) is 11.3 Å². The van der Waals surface area contributed by atoms with E-state index < -0.39 is 0 Å². The van der Waals surface area contributed by atoms with Gasteiger partial charge in [0.25, 0.3) is 0 Å². The van der Waals surface area contributed by atoms with Gasteiger partial charge in [-0.2, -0.15) is 0 Å². The summed E-state index contributed by atoms with van der Waals surface area (Å²) in [5.74, 6) is 1.17. The number of thiazole rings is 1. The van der Waals surface area contributed by atoms with Gasteiger partial charge in [0.15, 0.2) is 0 Å². The van der Waals surface area contributed by atoms with E-state index in [4.69, 9.17) is 0 Å². The lowest BCUT2D eigenvalue weighted by molar-refractivity contribution is -0.119. The van der Waals surface area contributed by atoms with Crippen LogP contribution in [-0.2, 0) is 4.79 Å². The molecule has 1 atom stereocenters. The van der Waals surface area contributed by atoms with Gasteiger partial charge in [-0.25, -0.2) is 4.98 Å². The third kappa shape index (κ3) is 4.29. The van der Waals surface area contributed by atoms with E-state index in [9.17, 15) is 4.79 Å². The Morgan fingerprint density at radius 3 is 2.62 bits per heavy atom. The highest BCUT2D eigenvalue weighted by Crippen LogP contribution is 2.18. The van der Waals surface area contributed by atoms with Gasteiger partial charge < -0.3 is 5.32 Å². The normalized spacial score (nSPS) is 12.2. The Kier molecular flexibility index (Phi) is 5.33. The number of amides is 1. The zero-order valence-electron chi connectivity index (χ0n) is 12.6. The second kappa shape index (κ2) is 7.22. The van der Waals surface area contributed by atoms with Crippen LogP contribution in [-0.4, -0.2) is 24.0 Å². The summed E-state index contributed by atoms with van der Waals surface area (Å²) >= 11 is 1.49. The molecule has 0 saturated heterocycles. The van der Waals surface area contributed by atoms with E-state index in [-0.39, 0.29) is 11.9 Å². The first-order valence-corrected chi connectivity index (χ1v) is 7.99. The number of nitrogens with zero attached hydrogens (tertiary/aromatic N) is 2. The molecule has 0 fully saturated rings. The Hall–Kier alpha value is -1.88. The molecule has 0 aliphatic heterocycles. The van der Waals surface area contributed by atoms with E-state index in [1.807, 2.05) is 35.7 Å². The van der Waals surface area contributed by atoms with Crippen LogP contribution in [0.3, 0.4) is 0 Å². The number of aromatic nitrogens is 1. The minimum atomic E-state index is -0.251. The van der Waals surface area contributed by atoms with Crippen LogP contribution in [0.5, 0.6) is 0 Å². The minimum Gasteiger partial charge on any atom is -0.374 e. The maximum absolute atomic E-state index is 12.7. The Morgan fingerprint density at radius 2 is 2.05 bits per heavy atom. The molecule has 1 amide bonds. The SMILES string of the molecule is CC(C)C[C@@H](Nc1ccccc1)C(=O)N(C)c1cscn1. The Bertz CT molecular complexity index is 554. The van der Waals surface area contributed by atoms with Crippen LogP contribution >= 0.6 is 11.3 Å². The average Bonchev–Trinajstić information content (AvgIpc) is 3.00. The van der Waals surface area contributed by atoms with Crippen LogP contribution in [0.15, 0.2) is 41.2 Å². The van der Waals surface area contributed by atoms with E-state index in [1.54, 1.807) is 17.5 Å². The smallest absolute Gasteiger partial charge is 0.250 e. The first-order valence-electron chi connectivity index (χ1n) is 7.05. The monoisotopic (exact) mass is 303 g/mol. The number of rotatable bonds is 6. The van der Waals surface area contributed by atoms with Crippen LogP contribution in [0.4, 0.5) is 11.5 Å². The Balaban J connectivity index is 2.13. The lowest BCUT2D eigenvalue weighted by atomic mass is 10.0. The maximum Gasteiger partial charge on any atom is 0.250 e. The fourth-order valence-electron chi connectivity index (χ4n) is 2.15. The molecule has 0 saturated carbocycles. The number of anilines is 2. The summed E-state index contributed by atoms with van der Waals surface area (Å²) < 4.78 is 0. The van der Waals surface area contributed by atoms with E-state index in [0.717, 1.165) is 12.1 Å². The first kappa shape index (κ1) is 15.5.